The van der Waals surface area contributed by atoms with E-state index >= 15 is 0 Å². The Bertz CT molecular complexity index is 2110. The van der Waals surface area contributed by atoms with Crippen LogP contribution in [0.1, 0.15) is 25.0 Å². The summed E-state index contributed by atoms with van der Waals surface area (Å²) in [5, 5.41) is 1.04. The zero-order valence-corrected chi connectivity index (χ0v) is 25.0. The lowest BCUT2D eigenvalue weighted by Crippen LogP contribution is -2.16. The Labute approximate surface area is 256 Å². The maximum Gasteiger partial charge on any atom is 0.124 e. The second kappa shape index (κ2) is 10.1. The molecule has 6 aromatic carbocycles. The largest absolute Gasteiger partial charge is 0.310 e. The zero-order chi connectivity index (χ0) is 29.0. The number of fused-ring (bicyclic) bond motifs is 4. The van der Waals surface area contributed by atoms with Crippen LogP contribution in [0.3, 0.4) is 0 Å². The van der Waals surface area contributed by atoms with E-state index in [0.717, 1.165) is 33.1 Å². The van der Waals surface area contributed by atoms with Crippen molar-refractivity contribution in [2.24, 2.45) is 0 Å². The second-order valence-corrected chi connectivity index (χ2v) is 12.7. The molecule has 0 bridgehead atoms. The topological polar surface area (TPSA) is 16.1 Å². The third-order valence-corrected chi connectivity index (χ3v) is 9.75. The van der Waals surface area contributed by atoms with Gasteiger partial charge in [0, 0.05) is 28.0 Å². The molecule has 8 rings (SSSR count). The van der Waals surface area contributed by atoms with Gasteiger partial charge < -0.3 is 4.90 Å². The normalized spacial score (nSPS) is 13.1. The predicted octanol–water partition coefficient (Wildman–Crippen LogP) is 11.4. The number of rotatable bonds is 5. The van der Waals surface area contributed by atoms with E-state index in [2.05, 4.69) is 158 Å². The van der Waals surface area contributed by atoms with Crippen molar-refractivity contribution < 1.29 is 0 Å². The minimum Gasteiger partial charge on any atom is -0.310 e. The van der Waals surface area contributed by atoms with Gasteiger partial charge in [-0.15, -0.1) is 11.3 Å². The molecule has 0 fully saturated rings. The number of thiazole rings is 1. The Kier molecular flexibility index (Phi) is 6.02. The zero-order valence-electron chi connectivity index (χ0n) is 24.2. The first-order valence-electron chi connectivity index (χ1n) is 14.7. The van der Waals surface area contributed by atoms with E-state index in [1.54, 1.807) is 11.3 Å². The van der Waals surface area contributed by atoms with Crippen LogP contribution in [0.25, 0.3) is 43.0 Å². The number of hydrogen-bond acceptors (Lipinski definition) is 3. The molecule has 0 unspecified atom stereocenters. The third-order valence-electron chi connectivity index (χ3n) is 8.69. The molecule has 0 atom stereocenters. The average Bonchev–Trinajstić information content (AvgIpc) is 3.59. The lowest BCUT2D eigenvalue weighted by molar-refractivity contribution is 0.660. The van der Waals surface area contributed by atoms with Crippen molar-refractivity contribution >= 4 is 38.6 Å². The van der Waals surface area contributed by atoms with Gasteiger partial charge >= 0.3 is 0 Å². The summed E-state index contributed by atoms with van der Waals surface area (Å²) in [7, 11) is 0. The molecule has 2 nitrogen and oxygen atoms in total. The van der Waals surface area contributed by atoms with Crippen molar-refractivity contribution in [2.45, 2.75) is 19.3 Å². The summed E-state index contributed by atoms with van der Waals surface area (Å²) < 4.78 is 1.18. The van der Waals surface area contributed by atoms with E-state index < -0.39 is 0 Å². The standard InChI is InChI=1S/C40H30N2S/c1-40(2)35-19-10-9-18-33(35)34-22-20-31(25-36(34)40)42(30-17-11-16-29(24-30)27-12-5-3-6-13-27)32-21-23-37-38(26-32)43-39(41-37)28-14-7-4-8-15-28/h3-26H,1-2H3. The molecule has 1 heterocycles. The number of anilines is 3. The van der Waals surface area contributed by atoms with Gasteiger partial charge in [0.2, 0.25) is 0 Å². The van der Waals surface area contributed by atoms with Gasteiger partial charge in [-0.3, -0.25) is 0 Å². The van der Waals surface area contributed by atoms with E-state index in [0.29, 0.717) is 0 Å². The molecule has 0 saturated carbocycles. The van der Waals surface area contributed by atoms with Crippen molar-refractivity contribution in [1.29, 1.82) is 0 Å². The van der Waals surface area contributed by atoms with Gasteiger partial charge in [-0.05, 0) is 75.8 Å². The lowest BCUT2D eigenvalue weighted by atomic mass is 9.82. The Morgan fingerprint density at radius 1 is 0.512 bits per heavy atom. The molecule has 0 spiro atoms. The minimum absolute atomic E-state index is 0.0777. The average molecular weight is 571 g/mol. The molecule has 0 amide bonds. The van der Waals surface area contributed by atoms with Gasteiger partial charge in [-0.2, -0.15) is 0 Å². The first kappa shape index (κ1) is 25.7. The van der Waals surface area contributed by atoms with Gasteiger partial charge in [0.25, 0.3) is 0 Å². The highest BCUT2D eigenvalue weighted by Crippen LogP contribution is 2.51. The Morgan fingerprint density at radius 2 is 1.14 bits per heavy atom. The van der Waals surface area contributed by atoms with E-state index in [9.17, 15) is 0 Å². The number of benzene rings is 6. The van der Waals surface area contributed by atoms with E-state index in [4.69, 9.17) is 4.98 Å². The van der Waals surface area contributed by atoms with Crippen LogP contribution in [0, 0.1) is 0 Å². The summed E-state index contributed by atoms with van der Waals surface area (Å²) in [5.41, 5.74) is 13.3. The van der Waals surface area contributed by atoms with Crippen LogP contribution in [0.5, 0.6) is 0 Å². The summed E-state index contributed by atoms with van der Waals surface area (Å²) >= 11 is 1.75. The molecule has 43 heavy (non-hydrogen) atoms. The molecule has 1 aliphatic rings. The van der Waals surface area contributed by atoms with Crippen molar-refractivity contribution in [3.63, 3.8) is 0 Å². The molecule has 206 valence electrons. The fraction of sp³-hybridized carbons (Fsp3) is 0.0750. The Balaban J connectivity index is 1.30. The summed E-state index contributed by atoms with van der Waals surface area (Å²) in [6, 6.07) is 52.4. The maximum absolute atomic E-state index is 4.97. The predicted molar refractivity (Wildman–Crippen MR) is 183 cm³/mol. The summed E-state index contributed by atoms with van der Waals surface area (Å²) in [4.78, 5) is 7.37. The van der Waals surface area contributed by atoms with Crippen molar-refractivity contribution in [1.82, 2.24) is 4.98 Å². The van der Waals surface area contributed by atoms with Crippen molar-refractivity contribution in [2.75, 3.05) is 4.90 Å². The van der Waals surface area contributed by atoms with E-state index in [-0.39, 0.29) is 5.41 Å². The molecular formula is C40H30N2S. The Morgan fingerprint density at radius 3 is 1.95 bits per heavy atom. The molecule has 3 heteroatoms. The molecule has 1 aliphatic carbocycles. The number of hydrogen-bond donors (Lipinski definition) is 0. The van der Waals surface area contributed by atoms with E-state index in [1.165, 1.54) is 38.1 Å². The summed E-state index contributed by atoms with van der Waals surface area (Å²) in [6.45, 7) is 4.69. The first-order chi connectivity index (χ1) is 21.1. The second-order valence-electron chi connectivity index (χ2n) is 11.7. The lowest BCUT2D eigenvalue weighted by Gasteiger charge is -2.28. The SMILES string of the molecule is CC1(C)c2ccccc2-c2ccc(N(c3cccc(-c4ccccc4)c3)c3ccc4nc(-c5ccccc5)sc4c3)cc21. The van der Waals surface area contributed by atoms with Crippen LogP contribution in [-0.4, -0.2) is 4.98 Å². The fourth-order valence-electron chi connectivity index (χ4n) is 6.49. The molecule has 0 radical (unpaired) electrons. The third kappa shape index (κ3) is 4.36. The van der Waals surface area contributed by atoms with Gasteiger partial charge in [0.15, 0.2) is 0 Å². The van der Waals surface area contributed by atoms with Crippen LogP contribution in [-0.2, 0) is 5.41 Å². The smallest absolute Gasteiger partial charge is 0.124 e. The molecule has 0 saturated heterocycles. The highest BCUT2D eigenvalue weighted by Gasteiger charge is 2.35. The summed E-state index contributed by atoms with van der Waals surface area (Å²) in [6.07, 6.45) is 0. The maximum atomic E-state index is 4.97. The van der Waals surface area contributed by atoms with Crippen molar-refractivity contribution in [3.05, 3.63) is 157 Å². The van der Waals surface area contributed by atoms with Crippen LogP contribution in [0.4, 0.5) is 17.1 Å². The molecular weight excluding hydrogens is 541 g/mol. The quantitative estimate of drug-likeness (QED) is 0.205. The fourth-order valence-corrected chi connectivity index (χ4v) is 7.49. The Hall–Kier alpha value is -4.99. The molecule has 1 aromatic heterocycles. The highest BCUT2D eigenvalue weighted by molar-refractivity contribution is 7.21. The highest BCUT2D eigenvalue weighted by atomic mass is 32.1. The molecule has 0 N–H and O–H groups in total. The van der Waals surface area contributed by atoms with Crippen LogP contribution in [0.15, 0.2) is 146 Å². The van der Waals surface area contributed by atoms with Gasteiger partial charge in [0.05, 0.1) is 10.2 Å². The van der Waals surface area contributed by atoms with Gasteiger partial charge in [-0.1, -0.05) is 117 Å². The monoisotopic (exact) mass is 570 g/mol. The van der Waals surface area contributed by atoms with Gasteiger partial charge in [0.1, 0.15) is 5.01 Å². The number of aromatic nitrogens is 1. The van der Waals surface area contributed by atoms with Crippen molar-refractivity contribution in [3.8, 4) is 32.8 Å². The minimum atomic E-state index is -0.0777. The molecule has 7 aromatic rings. The number of nitrogens with zero attached hydrogens (tertiary/aromatic N) is 2. The first-order valence-corrected chi connectivity index (χ1v) is 15.5. The van der Waals surface area contributed by atoms with Gasteiger partial charge in [-0.25, -0.2) is 4.98 Å². The van der Waals surface area contributed by atoms with Crippen LogP contribution in [0.2, 0.25) is 0 Å². The van der Waals surface area contributed by atoms with Crippen LogP contribution < -0.4 is 4.90 Å². The molecule has 0 aliphatic heterocycles. The summed E-state index contributed by atoms with van der Waals surface area (Å²) in [5.74, 6) is 0. The van der Waals surface area contributed by atoms with E-state index in [1.807, 2.05) is 6.07 Å². The van der Waals surface area contributed by atoms with Crippen LogP contribution >= 0.6 is 11.3 Å².